The van der Waals surface area contributed by atoms with Gasteiger partial charge in [-0.2, -0.15) is 0 Å². The molecule has 0 amide bonds. The lowest BCUT2D eigenvalue weighted by Crippen LogP contribution is -2.09. The molecule has 0 heterocycles. The van der Waals surface area contributed by atoms with Crippen LogP contribution in [-0.2, 0) is 9.59 Å². The largest absolute Gasteiger partial charge is 0.298 e. The molecule has 0 aromatic heterocycles. The highest BCUT2D eigenvalue weighted by Gasteiger charge is 2.14. The maximum absolute atomic E-state index is 10.4. The number of allylic oxidation sites excluding steroid dienone is 4. The summed E-state index contributed by atoms with van der Waals surface area (Å²) in [7, 11) is 0. The molecule has 15 heavy (non-hydrogen) atoms. The summed E-state index contributed by atoms with van der Waals surface area (Å²) in [6, 6.07) is 0. The molecule has 0 bridgehead atoms. The summed E-state index contributed by atoms with van der Waals surface area (Å²) >= 11 is 0. The summed E-state index contributed by atoms with van der Waals surface area (Å²) in [5.74, 6) is 0. The molecule has 84 valence electrons. The minimum Gasteiger partial charge on any atom is -0.298 e. The number of rotatable bonds is 6. The quantitative estimate of drug-likeness (QED) is 0.496. The van der Waals surface area contributed by atoms with Gasteiger partial charge in [-0.1, -0.05) is 26.0 Å². The maximum atomic E-state index is 10.4. The van der Waals surface area contributed by atoms with E-state index in [2.05, 4.69) is 13.8 Å². The molecule has 0 spiro atoms. The van der Waals surface area contributed by atoms with Crippen LogP contribution in [0.15, 0.2) is 23.3 Å². The van der Waals surface area contributed by atoms with Crippen LogP contribution in [0, 0.1) is 5.41 Å². The zero-order valence-electron chi connectivity index (χ0n) is 10.0. The maximum Gasteiger partial charge on any atom is 0.145 e. The second-order valence-electron chi connectivity index (χ2n) is 4.70. The summed E-state index contributed by atoms with van der Waals surface area (Å²) in [4.78, 5) is 20.8. The predicted octanol–water partition coefficient (Wildman–Crippen LogP) is 3.08. The van der Waals surface area contributed by atoms with Gasteiger partial charge in [0, 0.05) is 0 Å². The van der Waals surface area contributed by atoms with Crippen molar-refractivity contribution >= 4 is 12.6 Å². The van der Waals surface area contributed by atoms with Crippen molar-refractivity contribution in [1.82, 2.24) is 0 Å². The third-order valence-electron chi connectivity index (χ3n) is 2.33. The Balaban J connectivity index is 4.31. The molecule has 0 aliphatic heterocycles. The first-order chi connectivity index (χ1) is 6.91. The number of carbonyl (C=O) groups is 2. The van der Waals surface area contributed by atoms with Crippen molar-refractivity contribution in [1.29, 1.82) is 0 Å². The van der Waals surface area contributed by atoms with Crippen molar-refractivity contribution < 1.29 is 9.59 Å². The van der Waals surface area contributed by atoms with Crippen molar-refractivity contribution in [3.8, 4) is 0 Å². The first-order valence-corrected chi connectivity index (χ1v) is 5.15. The minimum atomic E-state index is 0.0918. The number of hydrogen-bond donors (Lipinski definition) is 0. The van der Waals surface area contributed by atoms with Crippen molar-refractivity contribution in [3.05, 3.63) is 23.3 Å². The van der Waals surface area contributed by atoms with Crippen LogP contribution >= 0.6 is 0 Å². The Bertz CT molecular complexity index is 255. The van der Waals surface area contributed by atoms with Gasteiger partial charge in [0.2, 0.25) is 0 Å². The Morgan fingerprint density at radius 1 is 0.933 bits per heavy atom. The summed E-state index contributed by atoms with van der Waals surface area (Å²) in [5.41, 5.74) is 1.62. The first-order valence-electron chi connectivity index (χ1n) is 5.15. The van der Waals surface area contributed by atoms with Gasteiger partial charge in [-0.05, 0) is 43.3 Å². The molecular weight excluding hydrogens is 188 g/mol. The SMILES string of the molecule is C/C(C=O)=C\CC(C)(C)C/C=C(\C)C=O. The average molecular weight is 208 g/mol. The molecule has 0 aromatic carbocycles. The van der Waals surface area contributed by atoms with Crippen LogP contribution < -0.4 is 0 Å². The van der Waals surface area contributed by atoms with Crippen molar-refractivity contribution in [3.63, 3.8) is 0 Å². The molecule has 0 aliphatic rings. The van der Waals surface area contributed by atoms with Gasteiger partial charge in [-0.3, -0.25) is 9.59 Å². The van der Waals surface area contributed by atoms with E-state index in [-0.39, 0.29) is 5.41 Å². The van der Waals surface area contributed by atoms with Gasteiger partial charge in [0.25, 0.3) is 0 Å². The van der Waals surface area contributed by atoms with E-state index in [9.17, 15) is 9.59 Å². The highest BCUT2D eigenvalue weighted by atomic mass is 16.1. The van der Waals surface area contributed by atoms with E-state index in [1.807, 2.05) is 12.2 Å². The van der Waals surface area contributed by atoms with Gasteiger partial charge >= 0.3 is 0 Å². The fraction of sp³-hybridized carbons (Fsp3) is 0.538. The topological polar surface area (TPSA) is 34.1 Å². The lowest BCUT2D eigenvalue weighted by Gasteiger charge is -2.21. The number of carbonyl (C=O) groups excluding carboxylic acids is 2. The molecule has 0 saturated heterocycles. The van der Waals surface area contributed by atoms with Crippen molar-refractivity contribution in [2.24, 2.45) is 5.41 Å². The molecule has 0 atom stereocenters. The van der Waals surface area contributed by atoms with Gasteiger partial charge < -0.3 is 0 Å². The van der Waals surface area contributed by atoms with Crippen molar-refractivity contribution in [2.45, 2.75) is 40.5 Å². The van der Waals surface area contributed by atoms with Gasteiger partial charge in [0.1, 0.15) is 12.6 Å². The van der Waals surface area contributed by atoms with Crippen LogP contribution in [-0.4, -0.2) is 12.6 Å². The molecule has 2 nitrogen and oxygen atoms in total. The fourth-order valence-corrected chi connectivity index (χ4v) is 1.05. The van der Waals surface area contributed by atoms with E-state index in [0.717, 1.165) is 36.6 Å². The van der Waals surface area contributed by atoms with Crippen LogP contribution in [0.25, 0.3) is 0 Å². The molecule has 0 aliphatic carbocycles. The van der Waals surface area contributed by atoms with Crippen LogP contribution in [0.4, 0.5) is 0 Å². The van der Waals surface area contributed by atoms with Gasteiger partial charge in [-0.25, -0.2) is 0 Å². The van der Waals surface area contributed by atoms with Crippen LogP contribution in [0.1, 0.15) is 40.5 Å². The Hall–Kier alpha value is -1.18. The number of hydrogen-bond acceptors (Lipinski definition) is 2. The third-order valence-corrected chi connectivity index (χ3v) is 2.33. The van der Waals surface area contributed by atoms with Gasteiger partial charge in [0.05, 0.1) is 0 Å². The molecule has 0 aromatic rings. The van der Waals surface area contributed by atoms with Crippen LogP contribution in [0.5, 0.6) is 0 Å². The molecule has 0 rings (SSSR count). The van der Waals surface area contributed by atoms with E-state index in [0.29, 0.717) is 0 Å². The summed E-state index contributed by atoms with van der Waals surface area (Å²) in [5, 5.41) is 0. The molecule has 0 saturated carbocycles. The van der Waals surface area contributed by atoms with E-state index in [4.69, 9.17) is 0 Å². The van der Waals surface area contributed by atoms with Gasteiger partial charge in [-0.15, -0.1) is 0 Å². The van der Waals surface area contributed by atoms with E-state index in [1.165, 1.54) is 0 Å². The van der Waals surface area contributed by atoms with E-state index >= 15 is 0 Å². The molecule has 0 unspecified atom stereocenters. The molecule has 0 N–H and O–H groups in total. The second kappa shape index (κ2) is 6.33. The molecular formula is C13H20O2. The minimum absolute atomic E-state index is 0.0918. The lowest BCUT2D eigenvalue weighted by atomic mass is 9.84. The smallest absolute Gasteiger partial charge is 0.145 e. The second-order valence-corrected chi connectivity index (χ2v) is 4.70. The highest BCUT2D eigenvalue weighted by molar-refractivity contribution is 5.72. The summed E-state index contributed by atoms with van der Waals surface area (Å²) < 4.78 is 0. The first kappa shape index (κ1) is 13.8. The zero-order chi connectivity index (χ0) is 11.9. The predicted molar refractivity (Wildman–Crippen MR) is 62.7 cm³/mol. The van der Waals surface area contributed by atoms with Crippen molar-refractivity contribution in [2.75, 3.05) is 0 Å². The summed E-state index contributed by atoms with van der Waals surface area (Å²) in [6.45, 7) is 7.84. The molecule has 0 radical (unpaired) electrons. The Kier molecular flexibility index (Phi) is 5.83. The lowest BCUT2D eigenvalue weighted by molar-refractivity contribution is -0.105. The monoisotopic (exact) mass is 208 g/mol. The normalized spacial score (nSPS) is 13.9. The fourth-order valence-electron chi connectivity index (χ4n) is 1.05. The zero-order valence-corrected chi connectivity index (χ0v) is 10.0. The van der Waals surface area contributed by atoms with E-state index < -0.39 is 0 Å². The Morgan fingerprint density at radius 3 is 1.53 bits per heavy atom. The molecule has 2 heteroatoms. The van der Waals surface area contributed by atoms with Gasteiger partial charge in [0.15, 0.2) is 0 Å². The third kappa shape index (κ3) is 6.83. The Labute approximate surface area is 92.1 Å². The Morgan fingerprint density at radius 2 is 1.27 bits per heavy atom. The molecule has 0 fully saturated rings. The van der Waals surface area contributed by atoms with Crippen LogP contribution in [0.2, 0.25) is 0 Å². The van der Waals surface area contributed by atoms with E-state index in [1.54, 1.807) is 13.8 Å². The summed E-state index contributed by atoms with van der Waals surface area (Å²) in [6.07, 6.45) is 7.31. The van der Waals surface area contributed by atoms with Crippen LogP contribution in [0.3, 0.4) is 0 Å². The highest BCUT2D eigenvalue weighted by Crippen LogP contribution is 2.26. The number of aldehydes is 2. The average Bonchev–Trinajstić information content (AvgIpc) is 2.22. The standard InChI is InChI=1S/C13H20O2/c1-11(9-14)5-7-13(3,4)8-6-12(2)10-15/h5-6,9-10H,7-8H2,1-4H3/b11-5+,12-6+.